The first-order valence-corrected chi connectivity index (χ1v) is 7.52. The average molecular weight is 419 g/mol. The van der Waals surface area contributed by atoms with E-state index in [1.54, 1.807) is 7.05 Å². The molecule has 0 unspecified atom stereocenters. The first-order chi connectivity index (χ1) is 10.2. The predicted molar refractivity (Wildman–Crippen MR) is 101 cm³/mol. The lowest BCUT2D eigenvalue weighted by Gasteiger charge is -2.14. The van der Waals surface area contributed by atoms with Crippen molar-refractivity contribution in [3.8, 4) is 11.5 Å². The number of halogens is 1. The van der Waals surface area contributed by atoms with Crippen LogP contribution in [0.1, 0.15) is 25.8 Å². The summed E-state index contributed by atoms with van der Waals surface area (Å²) >= 11 is 0. The third-order valence-electron chi connectivity index (χ3n) is 3.17. The van der Waals surface area contributed by atoms with E-state index in [4.69, 9.17) is 9.47 Å². The molecule has 0 amide bonds. The molecule has 0 aromatic heterocycles. The van der Waals surface area contributed by atoms with Crippen molar-refractivity contribution in [2.45, 2.75) is 26.8 Å². The highest BCUT2D eigenvalue weighted by Gasteiger charge is 2.10. The minimum Gasteiger partial charge on any atom is -0.490 e. The molecule has 22 heavy (non-hydrogen) atoms. The quantitative estimate of drug-likeness (QED) is 0.448. The van der Waals surface area contributed by atoms with Crippen LogP contribution in [0.5, 0.6) is 11.5 Å². The van der Waals surface area contributed by atoms with E-state index in [2.05, 4.69) is 35.5 Å². The maximum absolute atomic E-state index is 5.70. The molecule has 0 radical (unpaired) electrons. The topological polar surface area (TPSA) is 54.9 Å². The van der Waals surface area contributed by atoms with Gasteiger partial charge in [-0.2, -0.15) is 0 Å². The molecule has 0 atom stereocenters. The van der Waals surface area contributed by atoms with Crippen LogP contribution in [-0.4, -0.2) is 32.8 Å². The van der Waals surface area contributed by atoms with Crippen molar-refractivity contribution in [2.75, 3.05) is 26.8 Å². The summed E-state index contributed by atoms with van der Waals surface area (Å²) in [6.45, 7) is 7.38. The fourth-order valence-electron chi connectivity index (χ4n) is 2.02. The average Bonchev–Trinajstić information content (AvgIpc) is 2.72. The Hall–Kier alpha value is -1.18. The summed E-state index contributed by atoms with van der Waals surface area (Å²) in [5.41, 5.74) is 1.15. The van der Waals surface area contributed by atoms with Gasteiger partial charge in [0.1, 0.15) is 0 Å². The Bertz CT molecular complexity index is 492. The third kappa shape index (κ3) is 5.90. The van der Waals surface area contributed by atoms with Crippen molar-refractivity contribution in [3.63, 3.8) is 0 Å². The SMILES string of the molecule is CN=C(NCc1ccc2c(c1)OCCCO2)NCC(C)C.I. The Balaban J connectivity index is 0.00000242. The van der Waals surface area contributed by atoms with Crippen molar-refractivity contribution in [1.29, 1.82) is 0 Å². The standard InChI is InChI=1S/C16H25N3O2.HI/c1-12(2)10-18-16(17-3)19-11-13-5-6-14-15(9-13)21-8-4-7-20-14;/h5-6,9,12H,4,7-8,10-11H2,1-3H3,(H2,17,18,19);1H. The first-order valence-electron chi connectivity index (χ1n) is 7.52. The molecule has 2 N–H and O–H groups in total. The maximum Gasteiger partial charge on any atom is 0.191 e. The molecule has 1 heterocycles. The van der Waals surface area contributed by atoms with E-state index in [1.165, 1.54) is 0 Å². The van der Waals surface area contributed by atoms with Crippen LogP contribution in [0.15, 0.2) is 23.2 Å². The Labute approximate surface area is 149 Å². The number of benzene rings is 1. The largest absolute Gasteiger partial charge is 0.490 e. The Morgan fingerprint density at radius 2 is 1.91 bits per heavy atom. The number of ether oxygens (including phenoxy) is 2. The van der Waals surface area contributed by atoms with Crippen LogP contribution < -0.4 is 20.1 Å². The zero-order chi connectivity index (χ0) is 15.1. The molecule has 1 aliphatic heterocycles. The highest BCUT2D eigenvalue weighted by Crippen LogP contribution is 2.30. The summed E-state index contributed by atoms with van der Waals surface area (Å²) in [7, 11) is 1.78. The van der Waals surface area contributed by atoms with Gasteiger partial charge in [0.05, 0.1) is 13.2 Å². The molecule has 0 bridgehead atoms. The number of rotatable bonds is 4. The van der Waals surface area contributed by atoms with Gasteiger partial charge in [0.15, 0.2) is 17.5 Å². The predicted octanol–water partition coefficient (Wildman–Crippen LogP) is 2.79. The molecule has 1 aromatic rings. The molecule has 6 heteroatoms. The van der Waals surface area contributed by atoms with Crippen molar-refractivity contribution >= 4 is 29.9 Å². The normalized spacial score (nSPS) is 14.1. The van der Waals surface area contributed by atoms with E-state index < -0.39 is 0 Å². The first kappa shape index (κ1) is 18.9. The molecule has 0 saturated carbocycles. The molecular formula is C16H26IN3O2. The van der Waals surface area contributed by atoms with Crippen molar-refractivity contribution in [1.82, 2.24) is 10.6 Å². The van der Waals surface area contributed by atoms with E-state index >= 15 is 0 Å². The zero-order valence-corrected chi connectivity index (χ0v) is 15.8. The van der Waals surface area contributed by atoms with Crippen molar-refractivity contribution < 1.29 is 9.47 Å². The van der Waals surface area contributed by atoms with Gasteiger partial charge >= 0.3 is 0 Å². The van der Waals surface area contributed by atoms with Crippen molar-refractivity contribution in [3.05, 3.63) is 23.8 Å². The molecule has 124 valence electrons. The highest BCUT2D eigenvalue weighted by molar-refractivity contribution is 14.0. The van der Waals surface area contributed by atoms with Gasteiger partial charge in [0.25, 0.3) is 0 Å². The Morgan fingerprint density at radius 1 is 1.18 bits per heavy atom. The van der Waals surface area contributed by atoms with Gasteiger partial charge in [-0.15, -0.1) is 24.0 Å². The summed E-state index contributed by atoms with van der Waals surface area (Å²) in [6, 6.07) is 6.06. The number of nitrogens with zero attached hydrogens (tertiary/aromatic N) is 1. The van der Waals surface area contributed by atoms with E-state index in [9.17, 15) is 0 Å². The number of fused-ring (bicyclic) bond motifs is 1. The van der Waals surface area contributed by atoms with Crippen LogP contribution in [-0.2, 0) is 6.54 Å². The number of hydrogen-bond acceptors (Lipinski definition) is 3. The fraction of sp³-hybridized carbons (Fsp3) is 0.562. The molecule has 2 rings (SSSR count). The van der Waals surface area contributed by atoms with Gasteiger partial charge in [-0.3, -0.25) is 4.99 Å². The molecule has 0 fully saturated rings. The Morgan fingerprint density at radius 3 is 2.59 bits per heavy atom. The van der Waals surface area contributed by atoms with E-state index in [-0.39, 0.29) is 24.0 Å². The molecule has 0 saturated heterocycles. The van der Waals surface area contributed by atoms with Crippen LogP contribution in [0.2, 0.25) is 0 Å². The monoisotopic (exact) mass is 419 g/mol. The number of nitrogens with one attached hydrogen (secondary N) is 2. The second kappa shape index (κ2) is 9.76. The smallest absolute Gasteiger partial charge is 0.191 e. The van der Waals surface area contributed by atoms with Gasteiger partial charge in [-0.25, -0.2) is 0 Å². The summed E-state index contributed by atoms with van der Waals surface area (Å²) in [4.78, 5) is 4.22. The summed E-state index contributed by atoms with van der Waals surface area (Å²) in [5.74, 6) is 3.06. The van der Waals surface area contributed by atoms with Gasteiger partial charge in [-0.05, 0) is 23.6 Å². The summed E-state index contributed by atoms with van der Waals surface area (Å²) in [5, 5.41) is 6.60. The van der Waals surface area contributed by atoms with E-state index in [1.807, 2.05) is 12.1 Å². The van der Waals surface area contributed by atoms with E-state index in [0.717, 1.165) is 42.6 Å². The molecule has 0 aliphatic carbocycles. The lowest BCUT2D eigenvalue weighted by molar-refractivity contribution is 0.297. The molecular weight excluding hydrogens is 393 g/mol. The van der Waals surface area contributed by atoms with Crippen LogP contribution in [0, 0.1) is 5.92 Å². The van der Waals surface area contributed by atoms with E-state index in [0.29, 0.717) is 19.1 Å². The fourth-order valence-corrected chi connectivity index (χ4v) is 2.02. The highest BCUT2D eigenvalue weighted by atomic mass is 127. The number of aliphatic imine (C=N–C) groups is 1. The van der Waals surface area contributed by atoms with Crippen LogP contribution >= 0.6 is 24.0 Å². The molecule has 1 aromatic carbocycles. The summed E-state index contributed by atoms with van der Waals surface area (Å²) in [6.07, 6.45) is 0.925. The minimum absolute atomic E-state index is 0. The second-order valence-electron chi connectivity index (χ2n) is 5.53. The maximum atomic E-state index is 5.70. The number of guanidine groups is 1. The lowest BCUT2D eigenvalue weighted by Crippen LogP contribution is -2.38. The molecule has 5 nitrogen and oxygen atoms in total. The van der Waals surface area contributed by atoms with Gasteiger partial charge < -0.3 is 20.1 Å². The van der Waals surface area contributed by atoms with Crippen LogP contribution in [0.4, 0.5) is 0 Å². The van der Waals surface area contributed by atoms with Gasteiger partial charge in [0.2, 0.25) is 0 Å². The third-order valence-corrected chi connectivity index (χ3v) is 3.17. The van der Waals surface area contributed by atoms with Gasteiger partial charge in [0, 0.05) is 26.6 Å². The second-order valence-corrected chi connectivity index (χ2v) is 5.53. The van der Waals surface area contributed by atoms with Crippen LogP contribution in [0.25, 0.3) is 0 Å². The van der Waals surface area contributed by atoms with Crippen molar-refractivity contribution in [2.24, 2.45) is 10.9 Å². The Kier molecular flexibility index (Phi) is 8.37. The minimum atomic E-state index is 0. The van der Waals surface area contributed by atoms with Gasteiger partial charge in [-0.1, -0.05) is 19.9 Å². The summed E-state index contributed by atoms with van der Waals surface area (Å²) < 4.78 is 11.3. The van der Waals surface area contributed by atoms with Crippen LogP contribution in [0.3, 0.4) is 0 Å². The molecule has 0 spiro atoms. The number of hydrogen-bond donors (Lipinski definition) is 2. The zero-order valence-electron chi connectivity index (χ0n) is 13.5. The lowest BCUT2D eigenvalue weighted by atomic mass is 10.2. The molecule has 1 aliphatic rings.